The number of fused-ring (bicyclic) bond motifs is 1. The van der Waals surface area contributed by atoms with Gasteiger partial charge in [0.25, 0.3) is 5.56 Å². The van der Waals surface area contributed by atoms with Crippen LogP contribution in [0.2, 0.25) is 5.02 Å². The van der Waals surface area contributed by atoms with Crippen LogP contribution < -0.4 is 11.0 Å². The number of H-pyrrole nitrogens is 1. The Morgan fingerprint density at radius 3 is 2.95 bits per heavy atom. The maximum absolute atomic E-state index is 11.3. The topological polar surface area (TPSA) is 70.1 Å². The van der Waals surface area contributed by atoms with E-state index >= 15 is 0 Å². The van der Waals surface area contributed by atoms with E-state index in [9.17, 15) is 4.79 Å². The van der Waals surface area contributed by atoms with E-state index in [0.717, 1.165) is 24.7 Å². The Morgan fingerprint density at radius 2 is 2.10 bits per heavy atom. The van der Waals surface area contributed by atoms with Crippen LogP contribution in [-0.2, 0) is 0 Å². The summed E-state index contributed by atoms with van der Waals surface area (Å²) in [6.07, 6.45) is 10.3. The molecule has 6 heteroatoms. The Morgan fingerprint density at radius 1 is 1.30 bits per heavy atom. The molecule has 0 amide bonds. The zero-order chi connectivity index (χ0) is 13.9. The van der Waals surface area contributed by atoms with Crippen molar-refractivity contribution in [2.45, 2.75) is 44.9 Å². The number of rotatable bonds is 2. The summed E-state index contributed by atoms with van der Waals surface area (Å²) >= 11 is 5.91. The summed E-state index contributed by atoms with van der Waals surface area (Å²) in [5, 5.41) is 10.6. The normalized spacial score (nSPS) is 28.1. The third-order valence-corrected chi connectivity index (χ3v) is 4.87. The zero-order valence-electron chi connectivity index (χ0n) is 11.4. The van der Waals surface area contributed by atoms with E-state index in [1.54, 1.807) is 0 Å². The Labute approximate surface area is 122 Å². The van der Waals surface area contributed by atoms with Crippen molar-refractivity contribution in [1.82, 2.24) is 10.2 Å². The molecular formula is C14H19ClN4O. The fraction of sp³-hybridized carbons (Fsp3) is 0.643. The van der Waals surface area contributed by atoms with Crippen molar-refractivity contribution in [3.63, 3.8) is 0 Å². The monoisotopic (exact) mass is 294 g/mol. The van der Waals surface area contributed by atoms with Gasteiger partial charge in [-0.15, -0.1) is 0 Å². The average molecular weight is 295 g/mol. The first-order valence-electron chi connectivity index (χ1n) is 7.28. The standard InChI is InChI=1S/C14H19ClN4O/c15-13-12(8-16-19-14(13)20)18-17-11-6-5-9-3-1-2-4-10(9)7-11/h8-10H,1-7H2,(H2,18,19,20)/b17-11-/t9-,10+/m1/s1. The first kappa shape index (κ1) is 13.6. The molecule has 0 aliphatic heterocycles. The van der Waals surface area contributed by atoms with E-state index in [0.29, 0.717) is 5.69 Å². The third-order valence-electron chi connectivity index (χ3n) is 4.50. The molecule has 1 aromatic heterocycles. The van der Waals surface area contributed by atoms with Crippen LogP contribution in [0.15, 0.2) is 16.1 Å². The van der Waals surface area contributed by atoms with E-state index in [1.165, 1.54) is 44.0 Å². The van der Waals surface area contributed by atoms with Crippen molar-refractivity contribution in [2.24, 2.45) is 16.9 Å². The Bertz CT molecular complexity index is 569. The number of hydrogen-bond acceptors (Lipinski definition) is 4. The lowest BCUT2D eigenvalue weighted by Crippen LogP contribution is -2.28. The van der Waals surface area contributed by atoms with Crippen LogP contribution in [0.4, 0.5) is 5.69 Å². The van der Waals surface area contributed by atoms with Crippen LogP contribution in [0.1, 0.15) is 44.9 Å². The van der Waals surface area contributed by atoms with Gasteiger partial charge in [0, 0.05) is 5.71 Å². The zero-order valence-corrected chi connectivity index (χ0v) is 12.1. The van der Waals surface area contributed by atoms with Gasteiger partial charge in [0.05, 0.1) is 6.20 Å². The van der Waals surface area contributed by atoms with Gasteiger partial charge in [-0.1, -0.05) is 30.9 Å². The SMILES string of the molecule is O=c1[nH]ncc(N/N=C2/CC[C@H]3CCCC[C@H]3C2)c1Cl. The molecular weight excluding hydrogens is 276 g/mol. The lowest BCUT2D eigenvalue weighted by molar-refractivity contribution is 0.218. The first-order valence-corrected chi connectivity index (χ1v) is 7.66. The first-order chi connectivity index (χ1) is 9.74. The molecule has 0 saturated heterocycles. The van der Waals surface area contributed by atoms with Gasteiger partial charge >= 0.3 is 0 Å². The lowest BCUT2D eigenvalue weighted by atomic mass is 9.70. The fourth-order valence-electron chi connectivity index (χ4n) is 3.39. The van der Waals surface area contributed by atoms with Gasteiger partial charge in [-0.05, 0) is 37.5 Å². The summed E-state index contributed by atoms with van der Waals surface area (Å²) in [5.41, 5.74) is 4.15. The van der Waals surface area contributed by atoms with Gasteiger partial charge in [0.2, 0.25) is 0 Å². The predicted octanol–water partition coefficient (Wildman–Crippen LogP) is 3.18. The van der Waals surface area contributed by atoms with Crippen molar-refractivity contribution < 1.29 is 0 Å². The Kier molecular flexibility index (Phi) is 4.05. The number of halogens is 1. The highest BCUT2D eigenvalue weighted by molar-refractivity contribution is 6.32. The molecule has 5 nitrogen and oxygen atoms in total. The molecule has 2 aliphatic rings. The van der Waals surface area contributed by atoms with Gasteiger partial charge in [-0.3, -0.25) is 10.2 Å². The summed E-state index contributed by atoms with van der Waals surface area (Å²) in [7, 11) is 0. The van der Waals surface area contributed by atoms with Gasteiger partial charge < -0.3 is 0 Å². The second-order valence-electron chi connectivity index (χ2n) is 5.76. The van der Waals surface area contributed by atoms with Crippen LogP contribution in [0.3, 0.4) is 0 Å². The molecule has 1 aromatic rings. The number of aromatic nitrogens is 2. The van der Waals surface area contributed by atoms with Gasteiger partial charge in [0.1, 0.15) is 10.7 Å². The van der Waals surface area contributed by atoms with Crippen molar-refractivity contribution >= 4 is 23.0 Å². The van der Waals surface area contributed by atoms with Gasteiger partial charge in [-0.2, -0.15) is 10.2 Å². The molecule has 2 atom stereocenters. The molecule has 0 aromatic carbocycles. The molecule has 0 radical (unpaired) electrons. The predicted molar refractivity (Wildman–Crippen MR) is 80.2 cm³/mol. The Hall–Kier alpha value is -1.36. The highest BCUT2D eigenvalue weighted by atomic mass is 35.5. The Balaban J connectivity index is 1.67. The third kappa shape index (κ3) is 2.87. The molecule has 2 aliphatic carbocycles. The summed E-state index contributed by atoms with van der Waals surface area (Å²) in [4.78, 5) is 11.3. The minimum absolute atomic E-state index is 0.107. The molecule has 2 fully saturated rings. The summed E-state index contributed by atoms with van der Waals surface area (Å²) in [5.74, 6) is 1.69. The lowest BCUT2D eigenvalue weighted by Gasteiger charge is -2.35. The minimum atomic E-state index is -0.396. The second kappa shape index (κ2) is 5.95. The maximum Gasteiger partial charge on any atom is 0.285 e. The van der Waals surface area contributed by atoms with E-state index in [4.69, 9.17) is 11.6 Å². The number of nitrogens with one attached hydrogen (secondary N) is 2. The van der Waals surface area contributed by atoms with E-state index in [1.807, 2.05) is 0 Å². The van der Waals surface area contributed by atoms with Gasteiger partial charge in [0.15, 0.2) is 0 Å². The summed E-state index contributed by atoms with van der Waals surface area (Å²) in [6, 6.07) is 0. The van der Waals surface area contributed by atoms with E-state index in [-0.39, 0.29) is 5.02 Å². The van der Waals surface area contributed by atoms with Crippen molar-refractivity contribution in [1.29, 1.82) is 0 Å². The van der Waals surface area contributed by atoms with Crippen LogP contribution >= 0.6 is 11.6 Å². The molecule has 2 N–H and O–H groups in total. The van der Waals surface area contributed by atoms with E-state index < -0.39 is 5.56 Å². The summed E-state index contributed by atoms with van der Waals surface area (Å²) in [6.45, 7) is 0. The van der Waals surface area contributed by atoms with Crippen molar-refractivity contribution in [3.05, 3.63) is 21.6 Å². The van der Waals surface area contributed by atoms with Crippen LogP contribution in [0.25, 0.3) is 0 Å². The number of nitrogens with zero attached hydrogens (tertiary/aromatic N) is 2. The molecule has 0 spiro atoms. The molecule has 0 bridgehead atoms. The summed E-state index contributed by atoms with van der Waals surface area (Å²) < 4.78 is 0. The molecule has 108 valence electrons. The molecule has 0 unspecified atom stereocenters. The van der Waals surface area contributed by atoms with Crippen LogP contribution in [-0.4, -0.2) is 15.9 Å². The van der Waals surface area contributed by atoms with Gasteiger partial charge in [-0.25, -0.2) is 5.10 Å². The maximum atomic E-state index is 11.3. The smallest absolute Gasteiger partial charge is 0.275 e. The fourth-order valence-corrected chi connectivity index (χ4v) is 3.53. The molecule has 20 heavy (non-hydrogen) atoms. The second-order valence-corrected chi connectivity index (χ2v) is 6.14. The molecule has 1 heterocycles. The number of hydrazone groups is 1. The highest BCUT2D eigenvalue weighted by Gasteiger charge is 2.30. The number of anilines is 1. The quantitative estimate of drug-likeness (QED) is 0.823. The largest absolute Gasteiger partial charge is 0.285 e. The molecule has 3 rings (SSSR count). The highest BCUT2D eigenvalue weighted by Crippen LogP contribution is 2.39. The number of hydrogen-bond donors (Lipinski definition) is 2. The van der Waals surface area contributed by atoms with Crippen molar-refractivity contribution in [3.8, 4) is 0 Å². The number of aromatic amines is 1. The molecule has 2 saturated carbocycles. The van der Waals surface area contributed by atoms with Crippen molar-refractivity contribution in [2.75, 3.05) is 5.43 Å². The van der Waals surface area contributed by atoms with Crippen LogP contribution in [0, 0.1) is 11.8 Å². The minimum Gasteiger partial charge on any atom is -0.275 e. The van der Waals surface area contributed by atoms with Crippen LogP contribution in [0.5, 0.6) is 0 Å². The van der Waals surface area contributed by atoms with E-state index in [2.05, 4.69) is 20.7 Å². The average Bonchev–Trinajstić information content (AvgIpc) is 2.48.